The zero-order valence-corrected chi connectivity index (χ0v) is 15.7. The summed E-state index contributed by atoms with van der Waals surface area (Å²) >= 11 is 6.01. The molecule has 2 saturated heterocycles. The van der Waals surface area contributed by atoms with Gasteiger partial charge in [-0.15, -0.1) is 11.6 Å². The first kappa shape index (κ1) is 18.9. The van der Waals surface area contributed by atoms with Crippen molar-refractivity contribution in [1.29, 1.82) is 0 Å². The van der Waals surface area contributed by atoms with Gasteiger partial charge in [-0.3, -0.25) is 0 Å². The number of esters is 2. The van der Waals surface area contributed by atoms with Crippen molar-refractivity contribution >= 4 is 23.5 Å². The largest absolute Gasteiger partial charge is 0.459 e. The molecule has 4 aliphatic rings. The molecular formula is C19H23ClO7. The van der Waals surface area contributed by atoms with Gasteiger partial charge in [-0.05, 0) is 19.3 Å². The molecule has 7 nitrogen and oxygen atoms in total. The van der Waals surface area contributed by atoms with Crippen molar-refractivity contribution in [2.45, 2.75) is 55.9 Å². The molecule has 2 heterocycles. The summed E-state index contributed by atoms with van der Waals surface area (Å²) in [6, 6.07) is 0. The second kappa shape index (κ2) is 6.30. The molecule has 0 aromatic rings. The Morgan fingerprint density at radius 3 is 2.70 bits per heavy atom. The molecule has 0 aromatic carbocycles. The van der Waals surface area contributed by atoms with Crippen molar-refractivity contribution in [2.75, 3.05) is 5.88 Å². The predicted octanol–water partition coefficient (Wildman–Crippen LogP) is 0.710. The van der Waals surface area contributed by atoms with Crippen LogP contribution >= 0.6 is 11.6 Å². The van der Waals surface area contributed by atoms with E-state index in [0.717, 1.165) is 5.57 Å². The molecule has 2 N–H and O–H groups in total. The van der Waals surface area contributed by atoms with E-state index in [1.165, 1.54) is 0 Å². The third-order valence-electron chi connectivity index (χ3n) is 6.49. The molecule has 4 fully saturated rings. The molecule has 0 unspecified atom stereocenters. The van der Waals surface area contributed by atoms with Crippen LogP contribution in [0.5, 0.6) is 0 Å². The first-order chi connectivity index (χ1) is 12.7. The van der Waals surface area contributed by atoms with Crippen molar-refractivity contribution in [3.63, 3.8) is 0 Å². The van der Waals surface area contributed by atoms with Crippen molar-refractivity contribution in [3.8, 4) is 0 Å². The number of aliphatic hydroxyl groups is 2. The normalized spacial score (nSPS) is 48.5. The van der Waals surface area contributed by atoms with E-state index in [1.54, 1.807) is 6.92 Å². The fourth-order valence-corrected chi connectivity index (χ4v) is 5.27. The van der Waals surface area contributed by atoms with Gasteiger partial charge in [-0.25, -0.2) is 9.59 Å². The fraction of sp³-hybridized carbons (Fsp3) is 0.684. The van der Waals surface area contributed by atoms with Gasteiger partial charge in [0.05, 0.1) is 24.0 Å². The standard InChI is InChI=1S/C19H23ClO7/c1-7-4-11(26-18(23)15-9(3)25-15)13-8(2)17(22)27-16(13)14-10(7)5-12(21)19(14,24)6-20/h9-16,21,24H,1-2,4-6H2,3H3/t9-,10+,11-,12-,13+,14+,15-,16-,19+/m0/s1. The molecule has 2 aliphatic carbocycles. The van der Waals surface area contributed by atoms with Gasteiger partial charge in [0, 0.05) is 17.9 Å². The van der Waals surface area contributed by atoms with Gasteiger partial charge in [0.15, 0.2) is 6.10 Å². The van der Waals surface area contributed by atoms with Crippen LogP contribution in [0.1, 0.15) is 19.8 Å². The van der Waals surface area contributed by atoms with Crippen LogP contribution < -0.4 is 0 Å². The molecule has 148 valence electrons. The Hall–Kier alpha value is -1.41. The second-order valence-electron chi connectivity index (χ2n) is 8.03. The number of fused-ring (bicyclic) bond motifs is 3. The van der Waals surface area contributed by atoms with Gasteiger partial charge in [0.25, 0.3) is 0 Å². The maximum Gasteiger partial charge on any atom is 0.338 e. The monoisotopic (exact) mass is 398 g/mol. The van der Waals surface area contributed by atoms with Crippen molar-refractivity contribution in [3.05, 3.63) is 24.3 Å². The lowest BCUT2D eigenvalue weighted by molar-refractivity contribution is -0.158. The number of aliphatic hydroxyl groups excluding tert-OH is 1. The summed E-state index contributed by atoms with van der Waals surface area (Å²) in [6.07, 6.45) is -2.82. The Labute approximate surface area is 161 Å². The maximum atomic E-state index is 12.3. The average Bonchev–Trinajstić information content (AvgIpc) is 3.22. The van der Waals surface area contributed by atoms with E-state index in [-0.39, 0.29) is 36.3 Å². The average molecular weight is 399 g/mol. The zero-order valence-electron chi connectivity index (χ0n) is 15.0. The number of epoxide rings is 1. The first-order valence-electron chi connectivity index (χ1n) is 9.08. The lowest BCUT2D eigenvalue weighted by Crippen LogP contribution is -2.52. The lowest BCUT2D eigenvalue weighted by atomic mass is 9.76. The van der Waals surface area contributed by atoms with E-state index >= 15 is 0 Å². The summed E-state index contributed by atoms with van der Waals surface area (Å²) in [4.78, 5) is 24.6. The third kappa shape index (κ3) is 2.75. The van der Waals surface area contributed by atoms with Crippen LogP contribution in [0.15, 0.2) is 24.3 Å². The number of carbonyl (C=O) groups excluding carboxylic acids is 2. The van der Waals surface area contributed by atoms with Gasteiger partial charge in [-0.2, -0.15) is 0 Å². The van der Waals surface area contributed by atoms with Crippen molar-refractivity contribution in [2.24, 2.45) is 17.8 Å². The molecule has 0 spiro atoms. The van der Waals surface area contributed by atoms with E-state index < -0.39 is 53.8 Å². The number of alkyl halides is 1. The minimum atomic E-state index is -1.63. The molecule has 2 saturated carbocycles. The molecule has 4 rings (SSSR count). The Morgan fingerprint density at radius 1 is 1.44 bits per heavy atom. The van der Waals surface area contributed by atoms with Crippen molar-refractivity contribution < 1.29 is 34.0 Å². The quantitative estimate of drug-likeness (QED) is 0.237. The van der Waals surface area contributed by atoms with Crippen LogP contribution in [0.4, 0.5) is 0 Å². The highest BCUT2D eigenvalue weighted by molar-refractivity contribution is 6.18. The highest BCUT2D eigenvalue weighted by Gasteiger charge is 2.64. The van der Waals surface area contributed by atoms with Crippen LogP contribution in [0.25, 0.3) is 0 Å². The number of ether oxygens (including phenoxy) is 3. The highest BCUT2D eigenvalue weighted by Crippen LogP contribution is 2.55. The number of hydrogen-bond donors (Lipinski definition) is 2. The van der Waals surface area contributed by atoms with Crippen LogP contribution in [0, 0.1) is 17.8 Å². The molecule has 0 bridgehead atoms. The minimum Gasteiger partial charge on any atom is -0.459 e. The van der Waals surface area contributed by atoms with Gasteiger partial charge >= 0.3 is 11.9 Å². The molecule has 27 heavy (non-hydrogen) atoms. The number of hydrogen-bond acceptors (Lipinski definition) is 7. The third-order valence-corrected chi connectivity index (χ3v) is 6.92. The van der Waals surface area contributed by atoms with Crippen LogP contribution in [-0.2, 0) is 23.8 Å². The van der Waals surface area contributed by atoms with E-state index in [4.69, 9.17) is 25.8 Å². The second-order valence-corrected chi connectivity index (χ2v) is 8.30. The maximum absolute atomic E-state index is 12.3. The molecule has 0 amide bonds. The summed E-state index contributed by atoms with van der Waals surface area (Å²) in [7, 11) is 0. The van der Waals surface area contributed by atoms with Gasteiger partial charge < -0.3 is 24.4 Å². The SMILES string of the molecule is C=C1C(=O)O[C@H]2[C@H]1[C@@H](OC(=O)[C@H]1O[C@H]1C)CC(=C)[C@H]1C[C@H](O)[C@](O)(CCl)[C@@H]21. The highest BCUT2D eigenvalue weighted by atomic mass is 35.5. The summed E-state index contributed by atoms with van der Waals surface area (Å²) in [6.45, 7) is 9.69. The molecule has 0 aromatic heterocycles. The Balaban J connectivity index is 1.70. The number of halogens is 1. The summed E-state index contributed by atoms with van der Waals surface area (Å²) in [5.74, 6) is -2.89. The van der Waals surface area contributed by atoms with E-state index in [0.29, 0.717) is 0 Å². The molecule has 8 heteroatoms. The summed E-state index contributed by atoms with van der Waals surface area (Å²) in [5, 5.41) is 21.5. The molecule has 9 atom stereocenters. The van der Waals surface area contributed by atoms with Crippen LogP contribution in [0.3, 0.4) is 0 Å². The summed E-state index contributed by atoms with van der Waals surface area (Å²) < 4.78 is 16.4. The summed E-state index contributed by atoms with van der Waals surface area (Å²) in [5.41, 5.74) is -0.717. The zero-order chi connectivity index (χ0) is 19.7. The number of carbonyl (C=O) groups is 2. The van der Waals surface area contributed by atoms with Crippen LogP contribution in [0.2, 0.25) is 0 Å². The molecule has 0 radical (unpaired) electrons. The van der Waals surface area contributed by atoms with Gasteiger partial charge in [0.1, 0.15) is 17.8 Å². The number of rotatable bonds is 3. The topological polar surface area (TPSA) is 106 Å². The van der Waals surface area contributed by atoms with Crippen LogP contribution in [-0.4, -0.2) is 64.2 Å². The Morgan fingerprint density at radius 2 is 2.11 bits per heavy atom. The molecule has 2 aliphatic heterocycles. The predicted molar refractivity (Wildman–Crippen MR) is 93.8 cm³/mol. The van der Waals surface area contributed by atoms with Gasteiger partial charge in [0.2, 0.25) is 0 Å². The van der Waals surface area contributed by atoms with Crippen molar-refractivity contribution in [1.82, 2.24) is 0 Å². The van der Waals surface area contributed by atoms with Gasteiger partial charge in [-0.1, -0.05) is 18.7 Å². The van der Waals surface area contributed by atoms with E-state index in [2.05, 4.69) is 13.2 Å². The Bertz CT molecular complexity index is 721. The first-order valence-corrected chi connectivity index (χ1v) is 9.62. The molecular weight excluding hydrogens is 376 g/mol. The Kier molecular flexibility index (Phi) is 4.42. The van der Waals surface area contributed by atoms with E-state index in [1.807, 2.05) is 0 Å². The smallest absolute Gasteiger partial charge is 0.338 e. The fourth-order valence-electron chi connectivity index (χ4n) is 4.91. The minimum absolute atomic E-state index is 0.189. The lowest BCUT2D eigenvalue weighted by Gasteiger charge is -2.37. The van der Waals surface area contributed by atoms with E-state index in [9.17, 15) is 19.8 Å².